The summed E-state index contributed by atoms with van der Waals surface area (Å²) in [4.78, 5) is 0. The van der Waals surface area contributed by atoms with Crippen LogP contribution in [0, 0.1) is 0 Å². The van der Waals surface area contributed by atoms with Crippen LogP contribution in [0.1, 0.15) is 45.2 Å². The Morgan fingerprint density at radius 3 is 2.62 bits per heavy atom. The number of hydrogen-bond acceptors (Lipinski definition) is 1. The van der Waals surface area contributed by atoms with Crippen LogP contribution < -0.4 is 0 Å². The van der Waals surface area contributed by atoms with Gasteiger partial charge >= 0.3 is 0 Å². The number of nitrogens with zero attached hydrogens (tertiary/aromatic N) is 2. The van der Waals surface area contributed by atoms with Crippen LogP contribution in [-0.2, 0) is 5.41 Å². The van der Waals surface area contributed by atoms with E-state index in [1.807, 2.05) is 0 Å². The second-order valence-corrected chi connectivity index (χ2v) is 5.86. The number of aromatic nitrogens is 2. The maximum absolute atomic E-state index is 4.61. The molecule has 0 saturated heterocycles. The first-order valence-electron chi connectivity index (χ1n) is 6.03. The maximum Gasteiger partial charge on any atom is 0.0923 e. The lowest BCUT2D eigenvalue weighted by atomic mass is 9.86. The highest BCUT2D eigenvalue weighted by molar-refractivity contribution is 5.79. The fourth-order valence-electron chi connectivity index (χ4n) is 2.04. The van der Waals surface area contributed by atoms with Crippen molar-refractivity contribution in [2.75, 3.05) is 0 Å². The Morgan fingerprint density at radius 1 is 1.25 bits per heavy atom. The zero-order valence-corrected chi connectivity index (χ0v) is 10.2. The molecule has 2 heteroatoms. The van der Waals surface area contributed by atoms with Crippen molar-refractivity contribution in [1.29, 1.82) is 0 Å². The Hall–Kier alpha value is -1.31. The van der Waals surface area contributed by atoms with Crippen molar-refractivity contribution in [2.24, 2.45) is 0 Å². The lowest BCUT2D eigenvalue weighted by Gasteiger charge is -2.18. The normalized spacial score (nSPS) is 16.9. The molecule has 1 aromatic carbocycles. The number of hydrogen-bond donors (Lipinski definition) is 0. The average molecular weight is 214 g/mol. The smallest absolute Gasteiger partial charge is 0.0923 e. The van der Waals surface area contributed by atoms with Gasteiger partial charge < -0.3 is 0 Å². The van der Waals surface area contributed by atoms with Crippen LogP contribution in [-0.4, -0.2) is 9.78 Å². The summed E-state index contributed by atoms with van der Waals surface area (Å²) < 4.78 is 2.14. The average Bonchev–Trinajstić information content (AvgIpc) is 2.96. The number of rotatable bonds is 1. The Labute approximate surface area is 96.3 Å². The van der Waals surface area contributed by atoms with Crippen molar-refractivity contribution in [2.45, 2.75) is 45.1 Å². The van der Waals surface area contributed by atoms with Gasteiger partial charge in [-0.2, -0.15) is 5.10 Å². The third-order valence-electron chi connectivity index (χ3n) is 3.31. The van der Waals surface area contributed by atoms with Gasteiger partial charge in [-0.1, -0.05) is 26.8 Å². The molecular formula is C14H18N2. The number of benzene rings is 1. The fraction of sp³-hybridized carbons (Fsp3) is 0.500. The van der Waals surface area contributed by atoms with Crippen LogP contribution in [0.5, 0.6) is 0 Å². The topological polar surface area (TPSA) is 17.8 Å². The summed E-state index contributed by atoms with van der Waals surface area (Å²) in [5.41, 5.74) is 2.73. The van der Waals surface area contributed by atoms with Crippen molar-refractivity contribution in [3.63, 3.8) is 0 Å². The van der Waals surface area contributed by atoms with Gasteiger partial charge in [-0.3, -0.25) is 4.68 Å². The Balaban J connectivity index is 2.10. The summed E-state index contributed by atoms with van der Waals surface area (Å²) in [6, 6.07) is 7.30. The van der Waals surface area contributed by atoms with Crippen LogP contribution in [0.15, 0.2) is 24.4 Å². The highest BCUT2D eigenvalue weighted by Crippen LogP contribution is 2.35. The SMILES string of the molecule is CC(C)(C)c1ccc2nn(C3CC3)cc2c1. The summed E-state index contributed by atoms with van der Waals surface area (Å²) in [5, 5.41) is 5.89. The molecule has 3 rings (SSSR count). The third-order valence-corrected chi connectivity index (χ3v) is 3.31. The van der Waals surface area contributed by atoms with Crippen molar-refractivity contribution in [3.05, 3.63) is 30.0 Å². The van der Waals surface area contributed by atoms with Crippen LogP contribution in [0.2, 0.25) is 0 Å². The number of fused-ring (bicyclic) bond motifs is 1. The minimum Gasteiger partial charge on any atom is -0.268 e. The molecule has 16 heavy (non-hydrogen) atoms. The lowest BCUT2D eigenvalue weighted by Crippen LogP contribution is -2.10. The van der Waals surface area contributed by atoms with Crippen LogP contribution in [0.3, 0.4) is 0 Å². The van der Waals surface area contributed by atoms with E-state index in [1.54, 1.807) is 0 Å². The molecule has 0 N–H and O–H groups in total. The molecule has 2 aromatic rings. The van der Waals surface area contributed by atoms with Crippen molar-refractivity contribution in [3.8, 4) is 0 Å². The largest absolute Gasteiger partial charge is 0.268 e. The molecule has 1 aliphatic carbocycles. The zero-order valence-electron chi connectivity index (χ0n) is 10.2. The van der Waals surface area contributed by atoms with Crippen molar-refractivity contribution in [1.82, 2.24) is 9.78 Å². The molecule has 0 radical (unpaired) electrons. The van der Waals surface area contributed by atoms with Crippen LogP contribution >= 0.6 is 0 Å². The molecule has 0 aliphatic heterocycles. The molecular weight excluding hydrogens is 196 g/mol. The van der Waals surface area contributed by atoms with E-state index in [4.69, 9.17) is 0 Å². The van der Waals surface area contributed by atoms with E-state index in [2.05, 4.69) is 54.9 Å². The molecule has 1 aliphatic rings. The summed E-state index contributed by atoms with van der Waals surface area (Å²) >= 11 is 0. The Morgan fingerprint density at radius 2 is 2.00 bits per heavy atom. The minimum absolute atomic E-state index is 0.218. The first-order chi connectivity index (χ1) is 7.54. The zero-order chi connectivity index (χ0) is 11.3. The first kappa shape index (κ1) is 9.88. The molecule has 0 spiro atoms. The Bertz CT molecular complexity index is 527. The van der Waals surface area contributed by atoms with Gasteiger partial charge in [-0.15, -0.1) is 0 Å². The second-order valence-electron chi connectivity index (χ2n) is 5.86. The molecule has 1 heterocycles. The van der Waals surface area contributed by atoms with Gasteiger partial charge in [0.2, 0.25) is 0 Å². The van der Waals surface area contributed by atoms with Gasteiger partial charge in [0.05, 0.1) is 11.6 Å². The van der Waals surface area contributed by atoms with E-state index < -0.39 is 0 Å². The van der Waals surface area contributed by atoms with Gasteiger partial charge in [-0.25, -0.2) is 0 Å². The molecule has 2 nitrogen and oxygen atoms in total. The third kappa shape index (κ3) is 1.62. The predicted molar refractivity (Wildman–Crippen MR) is 66.7 cm³/mol. The Kier molecular flexibility index (Phi) is 1.91. The molecule has 0 amide bonds. The quantitative estimate of drug-likeness (QED) is 0.708. The van der Waals surface area contributed by atoms with Gasteiger partial charge in [0, 0.05) is 11.6 Å². The van der Waals surface area contributed by atoms with E-state index in [0.29, 0.717) is 6.04 Å². The molecule has 84 valence electrons. The van der Waals surface area contributed by atoms with Gasteiger partial charge in [-0.05, 0) is 36.0 Å². The molecule has 1 fully saturated rings. The maximum atomic E-state index is 4.61. The second kappa shape index (κ2) is 3.09. The highest BCUT2D eigenvalue weighted by Gasteiger charge is 2.24. The molecule has 0 bridgehead atoms. The van der Waals surface area contributed by atoms with Crippen LogP contribution in [0.25, 0.3) is 10.9 Å². The molecule has 0 atom stereocenters. The van der Waals surface area contributed by atoms with Crippen molar-refractivity contribution >= 4 is 10.9 Å². The van der Waals surface area contributed by atoms with E-state index in [9.17, 15) is 0 Å². The fourth-order valence-corrected chi connectivity index (χ4v) is 2.04. The monoisotopic (exact) mass is 214 g/mol. The van der Waals surface area contributed by atoms with Crippen LogP contribution in [0.4, 0.5) is 0 Å². The summed E-state index contributed by atoms with van der Waals surface area (Å²) in [5.74, 6) is 0. The summed E-state index contributed by atoms with van der Waals surface area (Å²) in [6.45, 7) is 6.75. The molecule has 1 saturated carbocycles. The van der Waals surface area contributed by atoms with E-state index >= 15 is 0 Å². The first-order valence-corrected chi connectivity index (χ1v) is 6.03. The summed E-state index contributed by atoms with van der Waals surface area (Å²) in [6.07, 6.45) is 4.78. The summed E-state index contributed by atoms with van der Waals surface area (Å²) in [7, 11) is 0. The van der Waals surface area contributed by atoms with Gasteiger partial charge in [0.15, 0.2) is 0 Å². The molecule has 1 aromatic heterocycles. The lowest BCUT2D eigenvalue weighted by molar-refractivity contribution is 0.591. The van der Waals surface area contributed by atoms with Gasteiger partial charge in [0.25, 0.3) is 0 Å². The minimum atomic E-state index is 0.218. The van der Waals surface area contributed by atoms with E-state index in [1.165, 1.54) is 23.8 Å². The van der Waals surface area contributed by atoms with E-state index in [0.717, 1.165) is 5.52 Å². The van der Waals surface area contributed by atoms with Crippen molar-refractivity contribution < 1.29 is 0 Å². The van der Waals surface area contributed by atoms with Gasteiger partial charge in [0.1, 0.15) is 0 Å². The molecule has 0 unspecified atom stereocenters. The van der Waals surface area contributed by atoms with E-state index in [-0.39, 0.29) is 5.41 Å². The highest BCUT2D eigenvalue weighted by atomic mass is 15.3. The standard InChI is InChI=1S/C14H18N2/c1-14(2,3)11-4-7-13-10(8-11)9-16(15-13)12-5-6-12/h4,7-9,12H,5-6H2,1-3H3. The predicted octanol–water partition coefficient (Wildman–Crippen LogP) is 3.67.